The highest BCUT2D eigenvalue weighted by molar-refractivity contribution is 5.79. The molecule has 0 aliphatic heterocycles. The highest BCUT2D eigenvalue weighted by Gasteiger charge is 2.18. The van der Waals surface area contributed by atoms with E-state index in [-0.39, 0.29) is 0 Å². The molecule has 108 valence electrons. The van der Waals surface area contributed by atoms with E-state index in [1.54, 1.807) is 0 Å². The monoisotopic (exact) mass is 271 g/mol. The first-order valence-corrected chi connectivity index (χ1v) is 8.20. The maximum absolute atomic E-state index is 5.40. The SMILES string of the molecule is CCC1CCCC(CCc2noc3ccccc23)CC1. The Morgan fingerprint density at radius 3 is 2.80 bits per heavy atom. The number of fused-ring (bicyclic) bond motifs is 1. The van der Waals surface area contributed by atoms with Gasteiger partial charge in [0.2, 0.25) is 0 Å². The second-order valence-electron chi connectivity index (χ2n) is 6.31. The highest BCUT2D eigenvalue weighted by atomic mass is 16.5. The molecular formula is C18H25NO. The van der Waals surface area contributed by atoms with E-state index in [1.165, 1.54) is 50.3 Å². The van der Waals surface area contributed by atoms with Gasteiger partial charge in [0.1, 0.15) is 0 Å². The van der Waals surface area contributed by atoms with Crippen LogP contribution in [0.15, 0.2) is 28.8 Å². The minimum atomic E-state index is 0.891. The standard InChI is InChI=1S/C18H25NO/c1-2-14-6-5-7-15(11-10-14)12-13-17-16-8-3-4-9-18(16)20-19-17/h3-4,8-9,14-15H,2,5-7,10-13H2,1H3. The lowest BCUT2D eigenvalue weighted by Crippen LogP contribution is -2.02. The summed E-state index contributed by atoms with van der Waals surface area (Å²) in [7, 11) is 0. The first-order valence-electron chi connectivity index (χ1n) is 8.20. The lowest BCUT2D eigenvalue weighted by Gasteiger charge is -2.13. The fourth-order valence-corrected chi connectivity index (χ4v) is 3.61. The van der Waals surface area contributed by atoms with Crippen LogP contribution < -0.4 is 0 Å². The van der Waals surface area contributed by atoms with Gasteiger partial charge in [-0.25, -0.2) is 0 Å². The summed E-state index contributed by atoms with van der Waals surface area (Å²) >= 11 is 0. The van der Waals surface area contributed by atoms with Crippen LogP contribution in [0.5, 0.6) is 0 Å². The number of para-hydroxylation sites is 1. The number of benzene rings is 1. The summed E-state index contributed by atoms with van der Waals surface area (Å²) in [5, 5.41) is 5.46. The van der Waals surface area contributed by atoms with E-state index in [9.17, 15) is 0 Å². The van der Waals surface area contributed by atoms with Crippen molar-refractivity contribution < 1.29 is 4.52 Å². The molecule has 1 saturated carbocycles. The van der Waals surface area contributed by atoms with E-state index < -0.39 is 0 Å². The number of nitrogens with zero attached hydrogens (tertiary/aromatic N) is 1. The Labute approximate surface area is 121 Å². The Hall–Kier alpha value is -1.31. The normalized spacial score (nSPS) is 23.9. The van der Waals surface area contributed by atoms with Crippen LogP contribution in [-0.2, 0) is 6.42 Å². The second-order valence-corrected chi connectivity index (χ2v) is 6.31. The number of hydrogen-bond donors (Lipinski definition) is 0. The molecule has 1 aromatic carbocycles. The number of rotatable bonds is 4. The van der Waals surface area contributed by atoms with Gasteiger partial charge in [0.05, 0.1) is 5.69 Å². The molecule has 20 heavy (non-hydrogen) atoms. The Balaban J connectivity index is 1.59. The number of aryl methyl sites for hydroxylation is 1. The van der Waals surface area contributed by atoms with Crippen molar-refractivity contribution in [2.75, 3.05) is 0 Å². The molecule has 2 heteroatoms. The molecule has 2 unspecified atom stereocenters. The lowest BCUT2D eigenvalue weighted by molar-refractivity contribution is 0.396. The van der Waals surface area contributed by atoms with Crippen molar-refractivity contribution in [3.05, 3.63) is 30.0 Å². The van der Waals surface area contributed by atoms with Crippen molar-refractivity contribution in [3.63, 3.8) is 0 Å². The third kappa shape index (κ3) is 3.05. The second kappa shape index (κ2) is 6.43. The summed E-state index contributed by atoms with van der Waals surface area (Å²) in [6.45, 7) is 2.34. The molecule has 0 saturated heterocycles. The molecule has 1 heterocycles. The Bertz CT molecular complexity index is 545. The molecule has 0 radical (unpaired) electrons. The number of hydrogen-bond acceptors (Lipinski definition) is 2. The summed E-state index contributed by atoms with van der Waals surface area (Å²) in [5.74, 6) is 1.87. The number of aromatic nitrogens is 1. The smallest absolute Gasteiger partial charge is 0.167 e. The summed E-state index contributed by atoms with van der Waals surface area (Å²) in [5.41, 5.74) is 2.08. The first-order chi connectivity index (χ1) is 9.86. The van der Waals surface area contributed by atoms with Gasteiger partial charge in [-0.1, -0.05) is 62.7 Å². The molecule has 1 aromatic heterocycles. The average molecular weight is 271 g/mol. The van der Waals surface area contributed by atoms with E-state index in [0.717, 1.165) is 29.5 Å². The fourth-order valence-electron chi connectivity index (χ4n) is 3.61. The van der Waals surface area contributed by atoms with Crippen LogP contribution in [0.2, 0.25) is 0 Å². The van der Waals surface area contributed by atoms with Gasteiger partial charge in [-0.2, -0.15) is 0 Å². The predicted octanol–water partition coefficient (Wildman–Crippen LogP) is 5.37. The first kappa shape index (κ1) is 13.7. The van der Waals surface area contributed by atoms with Crippen LogP contribution in [0.1, 0.15) is 57.6 Å². The van der Waals surface area contributed by atoms with Gasteiger partial charge >= 0.3 is 0 Å². The van der Waals surface area contributed by atoms with Crippen molar-refractivity contribution in [1.29, 1.82) is 0 Å². The van der Waals surface area contributed by atoms with E-state index in [4.69, 9.17) is 4.52 Å². The van der Waals surface area contributed by atoms with Gasteiger partial charge in [0.15, 0.2) is 5.58 Å². The highest BCUT2D eigenvalue weighted by Crippen LogP contribution is 2.32. The maximum atomic E-state index is 5.40. The molecule has 2 aromatic rings. The largest absolute Gasteiger partial charge is 0.356 e. The minimum absolute atomic E-state index is 0.891. The third-order valence-corrected chi connectivity index (χ3v) is 5.03. The van der Waals surface area contributed by atoms with Crippen LogP contribution in [0, 0.1) is 11.8 Å². The van der Waals surface area contributed by atoms with E-state index >= 15 is 0 Å². The van der Waals surface area contributed by atoms with Crippen LogP contribution in [0.3, 0.4) is 0 Å². The summed E-state index contributed by atoms with van der Waals surface area (Å²) in [4.78, 5) is 0. The zero-order valence-corrected chi connectivity index (χ0v) is 12.5. The molecule has 0 amide bonds. The van der Waals surface area contributed by atoms with Gasteiger partial charge in [0.25, 0.3) is 0 Å². The van der Waals surface area contributed by atoms with Gasteiger partial charge in [-0.3, -0.25) is 0 Å². The summed E-state index contributed by atoms with van der Waals surface area (Å²) in [6.07, 6.45) is 10.8. The fraction of sp³-hybridized carbons (Fsp3) is 0.611. The quantitative estimate of drug-likeness (QED) is 0.699. The van der Waals surface area contributed by atoms with E-state index in [0.29, 0.717) is 0 Å². The van der Waals surface area contributed by atoms with Gasteiger partial charge in [-0.15, -0.1) is 0 Å². The molecule has 2 atom stereocenters. The molecule has 2 nitrogen and oxygen atoms in total. The molecule has 3 rings (SSSR count). The Morgan fingerprint density at radius 2 is 1.90 bits per heavy atom. The molecule has 0 bridgehead atoms. The van der Waals surface area contributed by atoms with Crippen LogP contribution in [-0.4, -0.2) is 5.16 Å². The van der Waals surface area contributed by atoms with Crippen molar-refractivity contribution in [3.8, 4) is 0 Å². The molecule has 1 aliphatic carbocycles. The zero-order valence-electron chi connectivity index (χ0n) is 12.5. The molecule has 1 aliphatic rings. The van der Waals surface area contributed by atoms with Crippen molar-refractivity contribution in [2.24, 2.45) is 11.8 Å². The molecule has 0 N–H and O–H groups in total. The van der Waals surface area contributed by atoms with E-state index in [1.807, 2.05) is 12.1 Å². The van der Waals surface area contributed by atoms with Gasteiger partial charge < -0.3 is 4.52 Å². The molecular weight excluding hydrogens is 246 g/mol. The van der Waals surface area contributed by atoms with Crippen LogP contribution >= 0.6 is 0 Å². The maximum Gasteiger partial charge on any atom is 0.167 e. The molecule has 0 spiro atoms. The van der Waals surface area contributed by atoms with Gasteiger partial charge in [-0.05, 0) is 36.8 Å². The molecule has 1 fully saturated rings. The predicted molar refractivity (Wildman–Crippen MR) is 82.7 cm³/mol. The van der Waals surface area contributed by atoms with Crippen LogP contribution in [0.25, 0.3) is 11.0 Å². The topological polar surface area (TPSA) is 26.0 Å². The summed E-state index contributed by atoms with van der Waals surface area (Å²) < 4.78 is 5.40. The Morgan fingerprint density at radius 1 is 1.10 bits per heavy atom. The van der Waals surface area contributed by atoms with Crippen molar-refractivity contribution in [2.45, 2.75) is 58.3 Å². The van der Waals surface area contributed by atoms with Crippen molar-refractivity contribution in [1.82, 2.24) is 5.16 Å². The summed E-state index contributed by atoms with van der Waals surface area (Å²) in [6, 6.07) is 8.21. The average Bonchev–Trinajstić information content (AvgIpc) is 2.76. The Kier molecular flexibility index (Phi) is 4.39. The van der Waals surface area contributed by atoms with Crippen molar-refractivity contribution >= 4 is 11.0 Å². The third-order valence-electron chi connectivity index (χ3n) is 5.03. The van der Waals surface area contributed by atoms with Crippen LogP contribution in [0.4, 0.5) is 0 Å². The van der Waals surface area contributed by atoms with Gasteiger partial charge in [0, 0.05) is 5.39 Å². The minimum Gasteiger partial charge on any atom is -0.356 e. The lowest BCUT2D eigenvalue weighted by atomic mass is 9.92. The van der Waals surface area contributed by atoms with E-state index in [2.05, 4.69) is 24.2 Å². The zero-order chi connectivity index (χ0) is 13.8.